The summed E-state index contributed by atoms with van der Waals surface area (Å²) in [6, 6.07) is 11.9. The van der Waals surface area contributed by atoms with Crippen LogP contribution in [0.4, 0.5) is 5.82 Å². The van der Waals surface area contributed by atoms with Crippen LogP contribution in [0.1, 0.15) is 11.3 Å². The van der Waals surface area contributed by atoms with Crippen molar-refractivity contribution in [3.63, 3.8) is 0 Å². The monoisotopic (exact) mass is 297 g/mol. The molecule has 2 heterocycles. The number of rotatable bonds is 2. The Labute approximate surface area is 128 Å². The molecule has 0 amide bonds. The van der Waals surface area contributed by atoms with Gasteiger partial charge in [-0.3, -0.25) is 0 Å². The van der Waals surface area contributed by atoms with Crippen molar-refractivity contribution >= 4 is 18.4 Å². The summed E-state index contributed by atoms with van der Waals surface area (Å²) in [4.78, 5) is 0.666. The lowest BCUT2D eigenvalue weighted by atomic mass is 10.1. The minimum Gasteiger partial charge on any atom is -0.383 e. The van der Waals surface area contributed by atoms with Crippen LogP contribution in [0.15, 0.2) is 41.3 Å². The fourth-order valence-corrected chi connectivity index (χ4v) is 2.17. The van der Waals surface area contributed by atoms with Gasteiger partial charge in [0.2, 0.25) is 0 Å². The van der Waals surface area contributed by atoms with Crippen molar-refractivity contribution in [2.24, 2.45) is 0 Å². The first-order chi connectivity index (χ1) is 10.1. The molecule has 0 radical (unpaired) electrons. The van der Waals surface area contributed by atoms with Crippen LogP contribution in [0.5, 0.6) is 0 Å². The molecule has 0 aliphatic carbocycles. The summed E-state index contributed by atoms with van der Waals surface area (Å²) < 4.78 is 1.55. The highest BCUT2D eigenvalue weighted by molar-refractivity contribution is 7.80. The molecule has 5 nitrogen and oxygen atoms in total. The van der Waals surface area contributed by atoms with Gasteiger partial charge in [0.25, 0.3) is 0 Å². The number of thiol groups is 1. The van der Waals surface area contributed by atoms with Gasteiger partial charge in [-0.15, -0.1) is 22.8 Å². The van der Waals surface area contributed by atoms with Gasteiger partial charge in [0.05, 0.1) is 16.3 Å². The van der Waals surface area contributed by atoms with E-state index in [9.17, 15) is 0 Å². The summed E-state index contributed by atoms with van der Waals surface area (Å²) in [5.41, 5.74) is 9.77. The molecular formula is C15H15N5S. The smallest absolute Gasteiger partial charge is 0.178 e. The summed E-state index contributed by atoms with van der Waals surface area (Å²) >= 11 is 4.31. The Kier molecular flexibility index (Phi) is 3.39. The van der Waals surface area contributed by atoms with Crippen LogP contribution >= 0.6 is 12.6 Å². The maximum Gasteiger partial charge on any atom is 0.178 e. The van der Waals surface area contributed by atoms with Crippen LogP contribution in [-0.4, -0.2) is 20.0 Å². The summed E-state index contributed by atoms with van der Waals surface area (Å²) in [7, 11) is 0. The summed E-state index contributed by atoms with van der Waals surface area (Å²) in [5.74, 6) is 1.04. The van der Waals surface area contributed by atoms with Crippen molar-refractivity contribution in [3.8, 4) is 17.1 Å². The first kappa shape index (κ1) is 13.6. The maximum atomic E-state index is 5.96. The molecule has 0 fully saturated rings. The average Bonchev–Trinajstić information content (AvgIpc) is 2.76. The van der Waals surface area contributed by atoms with E-state index in [4.69, 9.17) is 5.73 Å². The summed E-state index contributed by atoms with van der Waals surface area (Å²) in [6.45, 7) is 3.90. The number of nitrogens with two attached hydrogens (primary N) is 1. The Bertz CT molecular complexity index is 775. The number of nitrogen functional groups attached to an aromatic ring is 1. The van der Waals surface area contributed by atoms with Crippen molar-refractivity contribution in [1.29, 1.82) is 0 Å². The standard InChI is InChI=1S/C15H15N5S/c1-9-3-5-11(6-4-9)12-7-8-13(18-17-12)20-15(16)14(21)10(2)19-20/h3-8,21H,16H2,1-2H3. The van der Waals surface area contributed by atoms with Gasteiger partial charge in [-0.25, -0.2) is 0 Å². The zero-order valence-corrected chi connectivity index (χ0v) is 12.7. The largest absolute Gasteiger partial charge is 0.383 e. The van der Waals surface area contributed by atoms with Crippen molar-refractivity contribution in [1.82, 2.24) is 20.0 Å². The lowest BCUT2D eigenvalue weighted by Gasteiger charge is -2.04. The van der Waals surface area contributed by atoms with Crippen LogP contribution in [0, 0.1) is 13.8 Å². The third kappa shape index (κ3) is 2.50. The average molecular weight is 297 g/mol. The number of aryl methyl sites for hydroxylation is 2. The molecule has 0 aliphatic heterocycles. The van der Waals surface area contributed by atoms with E-state index in [1.165, 1.54) is 5.56 Å². The Balaban J connectivity index is 1.97. The quantitative estimate of drug-likeness (QED) is 0.714. The molecule has 0 saturated heterocycles. The first-order valence-electron chi connectivity index (χ1n) is 6.51. The topological polar surface area (TPSA) is 69.6 Å². The first-order valence-corrected chi connectivity index (χ1v) is 6.96. The molecule has 6 heteroatoms. The zero-order chi connectivity index (χ0) is 15.0. The van der Waals surface area contributed by atoms with Crippen molar-refractivity contribution in [2.75, 3.05) is 5.73 Å². The predicted molar refractivity (Wildman–Crippen MR) is 85.7 cm³/mol. The van der Waals surface area contributed by atoms with Gasteiger partial charge in [-0.05, 0) is 26.0 Å². The highest BCUT2D eigenvalue weighted by atomic mass is 32.1. The SMILES string of the molecule is Cc1ccc(-c2ccc(-n3nc(C)c(S)c3N)nn2)cc1. The minimum absolute atomic E-state index is 0.466. The number of hydrogen-bond donors (Lipinski definition) is 2. The predicted octanol–water partition coefficient (Wildman–Crippen LogP) is 2.82. The Hall–Kier alpha value is -2.34. The Morgan fingerprint density at radius 3 is 2.24 bits per heavy atom. The van der Waals surface area contributed by atoms with Crippen LogP contribution < -0.4 is 5.73 Å². The Morgan fingerprint density at radius 1 is 1.00 bits per heavy atom. The van der Waals surface area contributed by atoms with Crippen LogP contribution in [0.2, 0.25) is 0 Å². The van der Waals surface area contributed by atoms with Crippen LogP contribution in [0.3, 0.4) is 0 Å². The van der Waals surface area contributed by atoms with E-state index < -0.39 is 0 Å². The second kappa shape index (κ2) is 5.21. The molecule has 106 valence electrons. The highest BCUT2D eigenvalue weighted by Crippen LogP contribution is 2.23. The molecule has 2 aromatic heterocycles. The summed E-state index contributed by atoms with van der Waals surface area (Å²) in [5, 5.41) is 12.8. The number of anilines is 1. The Morgan fingerprint density at radius 2 is 1.71 bits per heavy atom. The molecule has 0 aliphatic rings. The van der Waals surface area contributed by atoms with E-state index in [1.54, 1.807) is 4.68 Å². The van der Waals surface area contributed by atoms with Crippen LogP contribution in [0.25, 0.3) is 17.1 Å². The number of hydrogen-bond acceptors (Lipinski definition) is 5. The fourth-order valence-electron chi connectivity index (χ4n) is 2.03. The minimum atomic E-state index is 0.466. The second-order valence-corrected chi connectivity index (χ2v) is 5.32. The maximum absolute atomic E-state index is 5.96. The highest BCUT2D eigenvalue weighted by Gasteiger charge is 2.12. The molecule has 0 bridgehead atoms. The molecule has 1 aromatic carbocycles. The normalized spacial score (nSPS) is 10.8. The number of aromatic nitrogens is 4. The number of benzene rings is 1. The molecule has 3 rings (SSSR count). The van der Waals surface area contributed by atoms with E-state index in [0.29, 0.717) is 16.5 Å². The van der Waals surface area contributed by atoms with E-state index in [2.05, 4.69) is 34.8 Å². The zero-order valence-electron chi connectivity index (χ0n) is 11.8. The summed E-state index contributed by atoms with van der Waals surface area (Å²) in [6.07, 6.45) is 0. The third-order valence-corrected chi connectivity index (χ3v) is 3.83. The molecule has 0 spiro atoms. The number of nitrogens with zero attached hydrogens (tertiary/aromatic N) is 4. The van der Waals surface area contributed by atoms with Crippen molar-refractivity contribution < 1.29 is 0 Å². The van der Waals surface area contributed by atoms with Gasteiger partial charge in [0.15, 0.2) is 5.82 Å². The van der Waals surface area contributed by atoms with E-state index in [0.717, 1.165) is 17.0 Å². The molecule has 21 heavy (non-hydrogen) atoms. The van der Waals surface area contributed by atoms with Gasteiger partial charge in [-0.2, -0.15) is 9.78 Å². The molecule has 2 N–H and O–H groups in total. The molecule has 3 aromatic rings. The fraction of sp³-hybridized carbons (Fsp3) is 0.133. The van der Waals surface area contributed by atoms with Gasteiger partial charge in [0, 0.05) is 5.56 Å². The molecular weight excluding hydrogens is 282 g/mol. The van der Waals surface area contributed by atoms with E-state index in [-0.39, 0.29) is 0 Å². The van der Waals surface area contributed by atoms with Crippen LogP contribution in [-0.2, 0) is 0 Å². The van der Waals surface area contributed by atoms with Crippen molar-refractivity contribution in [2.45, 2.75) is 18.7 Å². The van der Waals surface area contributed by atoms with Gasteiger partial charge < -0.3 is 5.73 Å². The molecule has 0 unspecified atom stereocenters. The van der Waals surface area contributed by atoms with Crippen molar-refractivity contribution in [3.05, 3.63) is 47.7 Å². The van der Waals surface area contributed by atoms with Gasteiger partial charge in [-0.1, -0.05) is 29.8 Å². The molecule has 0 atom stereocenters. The van der Waals surface area contributed by atoms with E-state index >= 15 is 0 Å². The second-order valence-electron chi connectivity index (χ2n) is 4.87. The lowest BCUT2D eigenvalue weighted by Crippen LogP contribution is -2.05. The van der Waals surface area contributed by atoms with Gasteiger partial charge in [0.1, 0.15) is 5.82 Å². The third-order valence-electron chi connectivity index (χ3n) is 3.28. The van der Waals surface area contributed by atoms with E-state index in [1.807, 2.05) is 43.3 Å². The lowest BCUT2D eigenvalue weighted by molar-refractivity contribution is 0.813. The molecule has 0 saturated carbocycles. The van der Waals surface area contributed by atoms with Gasteiger partial charge >= 0.3 is 0 Å².